The molecule has 5 aromatic rings. The maximum absolute atomic E-state index is 13.5. The smallest absolute Gasteiger partial charge is 0.315 e. The summed E-state index contributed by atoms with van der Waals surface area (Å²) in [6, 6.07) is 25.5. The van der Waals surface area contributed by atoms with Crippen molar-refractivity contribution in [3.8, 4) is 0 Å². The molecule has 16 nitrogen and oxygen atoms in total. The monoisotopic (exact) mass is 736 g/mol. The van der Waals surface area contributed by atoms with E-state index in [1.807, 2.05) is 78.9 Å². The molecule has 5 heterocycles. The Kier molecular flexibility index (Phi) is 11.5. The van der Waals surface area contributed by atoms with E-state index in [1.54, 1.807) is 6.20 Å². The number of aliphatic hydroxyl groups excluding tert-OH is 3. The Morgan fingerprint density at radius 2 is 1.54 bits per heavy atom. The maximum Gasteiger partial charge on any atom is 0.315 e. The zero-order valence-corrected chi connectivity index (χ0v) is 29.5. The largest absolute Gasteiger partial charge is 0.394 e. The van der Waals surface area contributed by atoms with Gasteiger partial charge in [-0.15, -0.1) is 0 Å². The van der Waals surface area contributed by atoms with E-state index in [0.717, 1.165) is 42.9 Å². The third-order valence-corrected chi connectivity index (χ3v) is 9.79. The van der Waals surface area contributed by atoms with Crippen molar-refractivity contribution in [1.29, 1.82) is 0 Å². The number of piperidine rings is 1. The summed E-state index contributed by atoms with van der Waals surface area (Å²) in [5.41, 5.74) is 2.63. The first-order valence-corrected chi connectivity index (χ1v) is 18.1. The molecule has 7 N–H and O–H groups in total. The van der Waals surface area contributed by atoms with Crippen LogP contribution in [-0.2, 0) is 4.74 Å². The second kappa shape index (κ2) is 17.0. The zero-order chi connectivity index (χ0) is 37.4. The summed E-state index contributed by atoms with van der Waals surface area (Å²) < 4.78 is 7.18. The number of ether oxygens (including phenoxy) is 1. The number of nitrogens with zero attached hydrogens (tertiary/aromatic N) is 6. The van der Waals surface area contributed by atoms with Crippen molar-refractivity contribution in [2.75, 3.05) is 49.5 Å². The van der Waals surface area contributed by atoms with Crippen molar-refractivity contribution in [2.24, 2.45) is 0 Å². The number of urea groups is 1. The van der Waals surface area contributed by atoms with Gasteiger partial charge in [-0.2, -0.15) is 0 Å². The number of benzene rings is 2. The number of aromatic nitrogens is 5. The second-order valence-electron chi connectivity index (χ2n) is 13.3. The number of pyridine rings is 1. The van der Waals surface area contributed by atoms with Crippen LogP contribution in [0.25, 0.3) is 11.2 Å². The average Bonchev–Trinajstić information content (AvgIpc) is 3.77. The first-order valence-electron chi connectivity index (χ1n) is 18.1. The lowest BCUT2D eigenvalue weighted by molar-refractivity contribution is -0.0511. The highest BCUT2D eigenvalue weighted by Gasteiger charge is 2.44. The molecule has 0 bridgehead atoms. The highest BCUT2D eigenvalue weighted by Crippen LogP contribution is 2.33. The van der Waals surface area contributed by atoms with Gasteiger partial charge in [-0.25, -0.2) is 24.7 Å². The lowest BCUT2D eigenvalue weighted by Gasteiger charge is -2.33. The van der Waals surface area contributed by atoms with Crippen LogP contribution in [0.1, 0.15) is 46.7 Å². The highest BCUT2D eigenvalue weighted by molar-refractivity contribution is 5.94. The molecule has 3 aromatic heterocycles. The van der Waals surface area contributed by atoms with Crippen molar-refractivity contribution in [3.05, 3.63) is 108 Å². The summed E-state index contributed by atoms with van der Waals surface area (Å²) in [6.07, 6.45) is -0.162. The van der Waals surface area contributed by atoms with Crippen LogP contribution in [-0.4, -0.2) is 115 Å². The molecule has 2 fully saturated rings. The number of hydrogen-bond acceptors (Lipinski definition) is 12. The number of imidazole rings is 1. The van der Waals surface area contributed by atoms with Gasteiger partial charge in [0.25, 0.3) is 5.91 Å². The molecule has 0 aliphatic carbocycles. The molecule has 2 aliphatic heterocycles. The van der Waals surface area contributed by atoms with E-state index in [2.05, 4.69) is 46.1 Å². The fourth-order valence-electron chi connectivity index (χ4n) is 6.90. The van der Waals surface area contributed by atoms with Crippen LogP contribution in [0.4, 0.5) is 16.4 Å². The van der Waals surface area contributed by atoms with Gasteiger partial charge >= 0.3 is 6.03 Å². The first kappa shape index (κ1) is 36.7. The van der Waals surface area contributed by atoms with Crippen molar-refractivity contribution < 1.29 is 29.6 Å². The standard InChI is InChI=1S/C38H44N10O6/c49-22-28-31(50)32(51)37(54-28)48-23-43-30-33(42-21-27(24-9-3-1-4-10-24)25-11-5-2-6-12-25)45-34(46-35(30)48)36(52)40-17-18-41-38(53)44-26-14-19-47(20-15-26)29-13-7-8-16-39-29/h1-13,16,23,26-28,31-32,37,49-51H,14-15,17-22H2,(H,40,52)(H2,41,44,53)(H,42,45,46)/t28-,31-,32-,37-/m1/s1. The summed E-state index contributed by atoms with van der Waals surface area (Å²) in [4.78, 5) is 46.4. The minimum atomic E-state index is -1.39. The van der Waals surface area contributed by atoms with Gasteiger partial charge in [0.2, 0.25) is 5.82 Å². The molecule has 4 atom stereocenters. The zero-order valence-electron chi connectivity index (χ0n) is 29.5. The maximum atomic E-state index is 13.5. The number of nitrogens with one attached hydrogen (secondary N) is 4. The highest BCUT2D eigenvalue weighted by atomic mass is 16.6. The molecule has 7 rings (SSSR count). The third-order valence-electron chi connectivity index (χ3n) is 9.79. The van der Waals surface area contributed by atoms with E-state index in [-0.39, 0.29) is 48.4 Å². The molecule has 2 aliphatic rings. The van der Waals surface area contributed by atoms with Crippen LogP contribution in [0, 0.1) is 0 Å². The van der Waals surface area contributed by atoms with E-state index >= 15 is 0 Å². The number of aliphatic hydroxyl groups is 3. The van der Waals surface area contributed by atoms with Crippen molar-refractivity contribution in [1.82, 2.24) is 40.5 Å². The van der Waals surface area contributed by atoms with E-state index in [1.165, 1.54) is 10.9 Å². The second-order valence-corrected chi connectivity index (χ2v) is 13.3. The fourth-order valence-corrected chi connectivity index (χ4v) is 6.90. The van der Waals surface area contributed by atoms with Gasteiger partial charge in [0, 0.05) is 50.9 Å². The number of anilines is 2. The lowest BCUT2D eigenvalue weighted by Crippen LogP contribution is -2.49. The Morgan fingerprint density at radius 3 is 2.19 bits per heavy atom. The fraction of sp³-hybridized carbons (Fsp3) is 0.368. The Bertz CT molecular complexity index is 1960. The van der Waals surface area contributed by atoms with Crippen LogP contribution in [0.5, 0.6) is 0 Å². The number of carbonyl (C=O) groups is 2. The Hall–Kier alpha value is -5.68. The lowest BCUT2D eigenvalue weighted by atomic mass is 9.91. The molecule has 0 saturated carbocycles. The van der Waals surface area contributed by atoms with Crippen molar-refractivity contribution >= 4 is 34.7 Å². The van der Waals surface area contributed by atoms with E-state index in [4.69, 9.17) is 4.74 Å². The summed E-state index contributed by atoms with van der Waals surface area (Å²) in [5.74, 6) is 0.343. The molecule has 2 saturated heterocycles. The van der Waals surface area contributed by atoms with Crippen molar-refractivity contribution in [3.63, 3.8) is 0 Å². The summed E-state index contributed by atoms with van der Waals surface area (Å²) >= 11 is 0. The number of amides is 3. The molecule has 0 radical (unpaired) electrons. The minimum absolute atomic E-state index is 0.0231. The minimum Gasteiger partial charge on any atom is -0.394 e. The molecule has 0 spiro atoms. The van der Waals surface area contributed by atoms with Crippen LogP contribution in [0.2, 0.25) is 0 Å². The van der Waals surface area contributed by atoms with Gasteiger partial charge in [0.1, 0.15) is 24.1 Å². The van der Waals surface area contributed by atoms with Gasteiger partial charge in [-0.1, -0.05) is 66.7 Å². The quantitative estimate of drug-likeness (QED) is 0.0863. The average molecular weight is 737 g/mol. The molecule has 3 amide bonds. The Balaban J connectivity index is 1.03. The normalized spacial score (nSPS) is 20.3. The van der Waals surface area contributed by atoms with E-state index < -0.39 is 37.1 Å². The van der Waals surface area contributed by atoms with E-state index in [9.17, 15) is 24.9 Å². The first-order chi connectivity index (χ1) is 26.4. The van der Waals surface area contributed by atoms with Gasteiger partial charge in [-0.3, -0.25) is 9.36 Å². The number of fused-ring (bicyclic) bond motifs is 1. The molecular weight excluding hydrogens is 692 g/mol. The molecule has 54 heavy (non-hydrogen) atoms. The Labute approximate surface area is 311 Å². The van der Waals surface area contributed by atoms with Crippen LogP contribution >= 0.6 is 0 Å². The predicted octanol–water partition coefficient (Wildman–Crippen LogP) is 1.77. The van der Waals surface area contributed by atoms with Crippen molar-refractivity contribution in [2.45, 2.75) is 49.3 Å². The number of hydrogen-bond donors (Lipinski definition) is 7. The molecule has 0 unspecified atom stereocenters. The predicted molar refractivity (Wildman–Crippen MR) is 200 cm³/mol. The van der Waals surface area contributed by atoms with Gasteiger partial charge in [0.15, 0.2) is 23.2 Å². The van der Waals surface area contributed by atoms with Gasteiger partial charge in [0.05, 0.1) is 12.9 Å². The SMILES string of the molecule is O=C(NCCNC(=O)c1nc(NCC(c2ccccc2)c2ccccc2)c2ncn([C@@H]3O[C@H](CO)[C@@H](O)[C@H]3O)c2n1)NC1CCN(c2ccccn2)CC1. The summed E-state index contributed by atoms with van der Waals surface area (Å²) in [7, 11) is 0. The van der Waals surface area contributed by atoms with Crippen LogP contribution in [0.3, 0.4) is 0 Å². The number of carbonyl (C=O) groups excluding carboxylic acids is 2. The van der Waals surface area contributed by atoms with E-state index in [0.29, 0.717) is 12.1 Å². The summed E-state index contributed by atoms with van der Waals surface area (Å²) in [5, 5.41) is 42.9. The van der Waals surface area contributed by atoms with Gasteiger partial charge in [-0.05, 0) is 36.1 Å². The number of rotatable bonds is 13. The van der Waals surface area contributed by atoms with Gasteiger partial charge < -0.3 is 46.2 Å². The molecule has 282 valence electrons. The molecular formula is C38H44N10O6. The molecule has 2 aromatic carbocycles. The topological polar surface area (TPSA) is 212 Å². The molecule has 16 heteroatoms. The Morgan fingerprint density at radius 1 is 0.852 bits per heavy atom. The summed E-state index contributed by atoms with van der Waals surface area (Å²) in [6.45, 7) is 1.72. The van der Waals surface area contributed by atoms with Crippen LogP contribution in [0.15, 0.2) is 91.4 Å². The third kappa shape index (κ3) is 8.26. The van der Waals surface area contributed by atoms with Crippen LogP contribution < -0.4 is 26.2 Å².